The zero-order chi connectivity index (χ0) is 18.0. The molecular weight excluding hydrogens is 322 g/mol. The van der Waals surface area contributed by atoms with Crippen LogP contribution in [-0.2, 0) is 25.4 Å². The van der Waals surface area contributed by atoms with Crippen molar-refractivity contribution in [3.05, 3.63) is 50.2 Å². The second kappa shape index (κ2) is 4.92. The van der Waals surface area contributed by atoms with E-state index in [2.05, 4.69) is 4.98 Å². The van der Waals surface area contributed by atoms with Gasteiger partial charge in [0.25, 0.3) is 11.5 Å². The lowest BCUT2D eigenvalue weighted by Crippen LogP contribution is -2.37. The van der Waals surface area contributed by atoms with Gasteiger partial charge < -0.3 is 0 Å². The first-order valence-electron chi connectivity index (χ1n) is 7.87. The highest BCUT2D eigenvalue weighted by Gasteiger charge is 2.35. The number of aromatic nitrogens is 4. The Morgan fingerprint density at radius 1 is 1.04 bits per heavy atom. The van der Waals surface area contributed by atoms with E-state index in [0.29, 0.717) is 5.95 Å². The predicted molar refractivity (Wildman–Crippen MR) is 93.3 cm³/mol. The van der Waals surface area contributed by atoms with Crippen LogP contribution in [0.2, 0.25) is 0 Å². The van der Waals surface area contributed by atoms with E-state index >= 15 is 0 Å². The van der Waals surface area contributed by atoms with E-state index in [4.69, 9.17) is 0 Å². The van der Waals surface area contributed by atoms with Crippen LogP contribution in [-0.4, -0.2) is 24.6 Å². The molecule has 4 rings (SSSR count). The van der Waals surface area contributed by atoms with E-state index in [1.807, 2.05) is 32.0 Å². The summed E-state index contributed by atoms with van der Waals surface area (Å²) in [6.07, 6.45) is 0. The van der Waals surface area contributed by atoms with Crippen LogP contribution in [0.1, 0.15) is 11.1 Å². The largest absolute Gasteiger partial charge is 0.332 e. The third-order valence-corrected chi connectivity index (χ3v) is 4.68. The van der Waals surface area contributed by atoms with Gasteiger partial charge in [-0.05, 0) is 31.0 Å². The lowest BCUT2D eigenvalue weighted by Gasteiger charge is -2.17. The van der Waals surface area contributed by atoms with Crippen LogP contribution in [0, 0.1) is 13.8 Å². The van der Waals surface area contributed by atoms with Crippen LogP contribution in [0.5, 0.6) is 0 Å². The van der Waals surface area contributed by atoms with Gasteiger partial charge >= 0.3 is 5.69 Å². The molecule has 3 aromatic rings. The summed E-state index contributed by atoms with van der Waals surface area (Å²) in [7, 11) is 2.99. The van der Waals surface area contributed by atoms with Gasteiger partial charge in [-0.15, -0.1) is 0 Å². The van der Waals surface area contributed by atoms with Gasteiger partial charge in [0.1, 0.15) is 6.54 Å². The fraction of sp³-hybridized carbons (Fsp3) is 0.294. The van der Waals surface area contributed by atoms with Crippen LogP contribution < -0.4 is 16.1 Å². The van der Waals surface area contributed by atoms with Gasteiger partial charge in [-0.2, -0.15) is 4.98 Å². The Balaban J connectivity index is 2.07. The topological polar surface area (TPSA) is 82.1 Å². The van der Waals surface area contributed by atoms with Crippen molar-refractivity contribution in [3.63, 3.8) is 0 Å². The summed E-state index contributed by atoms with van der Waals surface area (Å²) in [5.41, 5.74) is 2.34. The first-order chi connectivity index (χ1) is 11.8. The molecule has 0 atom stereocenters. The monoisotopic (exact) mass is 339 g/mol. The third kappa shape index (κ3) is 1.93. The molecule has 0 saturated heterocycles. The Kier molecular flexibility index (Phi) is 3.02. The van der Waals surface area contributed by atoms with Gasteiger partial charge in [0.2, 0.25) is 5.95 Å². The minimum absolute atomic E-state index is 0.0205. The first kappa shape index (κ1) is 15.4. The number of hydrogen-bond donors (Lipinski definition) is 0. The molecule has 0 aliphatic carbocycles. The molecule has 0 radical (unpaired) electrons. The Bertz CT molecular complexity index is 1180. The van der Waals surface area contributed by atoms with E-state index in [-0.39, 0.29) is 23.6 Å². The van der Waals surface area contributed by atoms with E-state index in [9.17, 15) is 14.4 Å². The number of hydrogen-bond acceptors (Lipinski definition) is 4. The standard InChI is InChI=1S/C17H17N5O3/c1-9-5-6-10(2)11(7-9)22-12(23)8-21-13-14(18-16(21)22)19(3)17(25)20(4)15(13)24/h5-7H,8H2,1-4H3. The highest BCUT2D eigenvalue weighted by molar-refractivity contribution is 6.04. The smallest absolute Gasteiger partial charge is 0.294 e. The normalized spacial score (nSPS) is 13.8. The Hall–Kier alpha value is -3.16. The van der Waals surface area contributed by atoms with Crippen LogP contribution in [0.15, 0.2) is 27.8 Å². The summed E-state index contributed by atoms with van der Waals surface area (Å²) in [5, 5.41) is 0. The van der Waals surface area contributed by atoms with E-state index in [1.165, 1.54) is 16.5 Å². The summed E-state index contributed by atoms with van der Waals surface area (Å²) in [5.74, 6) is 0.209. The number of carbonyl (C=O) groups excluding carboxylic acids is 1. The quantitative estimate of drug-likeness (QED) is 0.654. The van der Waals surface area contributed by atoms with Gasteiger partial charge in [-0.1, -0.05) is 12.1 Å². The number of rotatable bonds is 1. The fourth-order valence-electron chi connectivity index (χ4n) is 3.28. The Morgan fingerprint density at radius 2 is 1.76 bits per heavy atom. The fourth-order valence-corrected chi connectivity index (χ4v) is 3.28. The van der Waals surface area contributed by atoms with Crippen LogP contribution >= 0.6 is 0 Å². The van der Waals surface area contributed by atoms with Crippen molar-refractivity contribution in [2.24, 2.45) is 14.1 Å². The van der Waals surface area contributed by atoms with Crippen molar-refractivity contribution in [1.82, 2.24) is 18.7 Å². The lowest BCUT2D eigenvalue weighted by atomic mass is 10.1. The molecular formula is C17H17N5O3. The summed E-state index contributed by atoms with van der Waals surface area (Å²) < 4.78 is 3.94. The van der Waals surface area contributed by atoms with Crippen molar-refractivity contribution in [2.75, 3.05) is 4.90 Å². The van der Waals surface area contributed by atoms with Gasteiger partial charge in [0.15, 0.2) is 11.2 Å². The van der Waals surface area contributed by atoms with Crippen molar-refractivity contribution < 1.29 is 4.79 Å². The summed E-state index contributed by atoms with van der Waals surface area (Å²) in [4.78, 5) is 43.3. The number of amides is 1. The van der Waals surface area contributed by atoms with Gasteiger partial charge in [0.05, 0.1) is 5.69 Å². The van der Waals surface area contributed by atoms with E-state index in [1.54, 1.807) is 11.6 Å². The SMILES string of the molecule is Cc1ccc(C)c(N2C(=O)Cn3c2nc2c3c(=O)n(C)c(=O)n2C)c1. The number of benzene rings is 1. The summed E-state index contributed by atoms with van der Waals surface area (Å²) >= 11 is 0. The molecule has 1 aromatic carbocycles. The Morgan fingerprint density at radius 3 is 2.48 bits per heavy atom. The van der Waals surface area contributed by atoms with Crippen LogP contribution in [0.25, 0.3) is 11.2 Å². The molecule has 0 saturated carbocycles. The molecule has 0 bridgehead atoms. The molecule has 1 amide bonds. The second-order valence-corrected chi connectivity index (χ2v) is 6.40. The Labute approximate surface area is 142 Å². The maximum atomic E-state index is 12.6. The maximum absolute atomic E-state index is 12.6. The van der Waals surface area contributed by atoms with Crippen molar-refractivity contribution in [2.45, 2.75) is 20.4 Å². The highest BCUT2D eigenvalue weighted by Crippen LogP contribution is 2.34. The van der Waals surface area contributed by atoms with Crippen molar-refractivity contribution >= 4 is 28.7 Å². The van der Waals surface area contributed by atoms with E-state index in [0.717, 1.165) is 21.4 Å². The van der Waals surface area contributed by atoms with Crippen LogP contribution in [0.3, 0.4) is 0 Å². The molecule has 0 spiro atoms. The number of imidazole rings is 1. The van der Waals surface area contributed by atoms with E-state index < -0.39 is 11.2 Å². The average molecular weight is 339 g/mol. The number of anilines is 2. The molecule has 1 aliphatic rings. The van der Waals surface area contributed by atoms with Crippen LogP contribution in [0.4, 0.5) is 11.6 Å². The maximum Gasteiger partial charge on any atom is 0.332 e. The average Bonchev–Trinajstić information content (AvgIpc) is 3.08. The molecule has 0 unspecified atom stereocenters. The zero-order valence-electron chi connectivity index (χ0n) is 14.4. The lowest BCUT2D eigenvalue weighted by molar-refractivity contribution is -0.117. The molecule has 25 heavy (non-hydrogen) atoms. The first-order valence-corrected chi connectivity index (χ1v) is 7.87. The molecule has 8 heteroatoms. The summed E-state index contributed by atoms with van der Waals surface area (Å²) in [6.45, 7) is 3.89. The number of aryl methyl sites for hydroxylation is 3. The summed E-state index contributed by atoms with van der Waals surface area (Å²) in [6, 6.07) is 5.83. The minimum Gasteiger partial charge on any atom is -0.294 e. The number of carbonyl (C=O) groups is 1. The molecule has 0 fully saturated rings. The number of nitrogens with zero attached hydrogens (tertiary/aromatic N) is 5. The van der Waals surface area contributed by atoms with Gasteiger partial charge in [0, 0.05) is 14.1 Å². The molecule has 1 aliphatic heterocycles. The predicted octanol–water partition coefficient (Wildman–Crippen LogP) is 0.729. The number of fused-ring (bicyclic) bond motifs is 3. The molecule has 8 nitrogen and oxygen atoms in total. The van der Waals surface area contributed by atoms with Crippen molar-refractivity contribution in [3.8, 4) is 0 Å². The molecule has 2 aromatic heterocycles. The van der Waals surface area contributed by atoms with Gasteiger partial charge in [-0.25, -0.2) is 9.69 Å². The zero-order valence-corrected chi connectivity index (χ0v) is 14.4. The molecule has 3 heterocycles. The van der Waals surface area contributed by atoms with Gasteiger partial charge in [-0.3, -0.25) is 23.3 Å². The minimum atomic E-state index is -0.451. The molecule has 128 valence electrons. The second-order valence-electron chi connectivity index (χ2n) is 6.40. The third-order valence-electron chi connectivity index (χ3n) is 4.68. The highest BCUT2D eigenvalue weighted by atomic mass is 16.2. The van der Waals surface area contributed by atoms with Crippen molar-refractivity contribution in [1.29, 1.82) is 0 Å². The molecule has 0 N–H and O–H groups in total.